The number of nitrogens with zero attached hydrogens (tertiary/aromatic N) is 2. The lowest BCUT2D eigenvalue weighted by atomic mass is 10.4. The van der Waals surface area contributed by atoms with Crippen LogP contribution in [0.3, 0.4) is 0 Å². The van der Waals surface area contributed by atoms with E-state index >= 15 is 0 Å². The summed E-state index contributed by atoms with van der Waals surface area (Å²) in [6.07, 6.45) is 1.53. The van der Waals surface area contributed by atoms with Gasteiger partial charge in [-0.05, 0) is 31.2 Å². The molecule has 3 aromatic rings. The van der Waals surface area contributed by atoms with Crippen LogP contribution >= 0.6 is 11.3 Å². The van der Waals surface area contributed by atoms with Crippen molar-refractivity contribution in [1.82, 2.24) is 15.5 Å². The van der Waals surface area contributed by atoms with Crippen LogP contribution in [0.4, 0.5) is 0 Å². The van der Waals surface area contributed by atoms with Crippen LogP contribution in [-0.2, 0) is 6.54 Å². The van der Waals surface area contributed by atoms with Gasteiger partial charge in [-0.25, -0.2) is 0 Å². The summed E-state index contributed by atoms with van der Waals surface area (Å²) >= 11 is 1.44. The van der Waals surface area contributed by atoms with Gasteiger partial charge in [0.1, 0.15) is 0 Å². The fourth-order valence-corrected chi connectivity index (χ4v) is 2.41. The van der Waals surface area contributed by atoms with E-state index in [0.717, 1.165) is 4.88 Å². The molecule has 1 N–H and O–H groups in total. The number of hydrogen-bond acceptors (Lipinski definition) is 6. The molecule has 20 heavy (non-hydrogen) atoms. The molecule has 3 heterocycles. The zero-order valence-corrected chi connectivity index (χ0v) is 11.4. The quantitative estimate of drug-likeness (QED) is 0.798. The minimum atomic E-state index is -0.146. The standard InChI is InChI=1S/C13H11N3O3S/c1-8-4-5-10(20-8)12(17)14-7-11-15-13(19-16-11)9-3-2-6-18-9/h2-6H,7H2,1H3,(H,14,17). The lowest BCUT2D eigenvalue weighted by molar-refractivity contribution is 0.0953. The van der Waals surface area contributed by atoms with Crippen molar-refractivity contribution in [2.75, 3.05) is 0 Å². The SMILES string of the molecule is Cc1ccc(C(=O)NCc2noc(-c3ccco3)n2)s1. The molecule has 3 aromatic heterocycles. The highest BCUT2D eigenvalue weighted by atomic mass is 32.1. The molecular formula is C13H11N3O3S. The number of amides is 1. The van der Waals surface area contributed by atoms with E-state index in [1.165, 1.54) is 17.6 Å². The van der Waals surface area contributed by atoms with Crippen molar-refractivity contribution in [3.63, 3.8) is 0 Å². The monoisotopic (exact) mass is 289 g/mol. The highest BCUT2D eigenvalue weighted by Gasteiger charge is 2.13. The molecule has 0 aromatic carbocycles. The van der Waals surface area contributed by atoms with E-state index in [1.807, 2.05) is 13.0 Å². The Morgan fingerprint density at radius 3 is 3.00 bits per heavy atom. The van der Waals surface area contributed by atoms with Gasteiger partial charge in [-0.15, -0.1) is 11.3 Å². The summed E-state index contributed by atoms with van der Waals surface area (Å²) in [6.45, 7) is 2.16. The predicted molar refractivity (Wildman–Crippen MR) is 72.2 cm³/mol. The van der Waals surface area contributed by atoms with Crippen molar-refractivity contribution in [3.8, 4) is 11.7 Å². The van der Waals surface area contributed by atoms with Crippen LogP contribution in [0.2, 0.25) is 0 Å². The van der Waals surface area contributed by atoms with Crippen molar-refractivity contribution < 1.29 is 13.7 Å². The third-order valence-corrected chi connectivity index (χ3v) is 3.57. The van der Waals surface area contributed by atoms with Crippen LogP contribution in [0.1, 0.15) is 20.4 Å². The van der Waals surface area contributed by atoms with Crippen molar-refractivity contribution in [2.45, 2.75) is 13.5 Å². The summed E-state index contributed by atoms with van der Waals surface area (Å²) in [4.78, 5) is 17.8. The number of carbonyl (C=O) groups excluding carboxylic acids is 1. The van der Waals surface area contributed by atoms with Crippen molar-refractivity contribution >= 4 is 17.2 Å². The highest BCUT2D eigenvalue weighted by molar-refractivity contribution is 7.13. The third-order valence-electron chi connectivity index (χ3n) is 2.57. The Morgan fingerprint density at radius 2 is 2.30 bits per heavy atom. The van der Waals surface area contributed by atoms with Crippen LogP contribution in [0.25, 0.3) is 11.7 Å². The van der Waals surface area contributed by atoms with Gasteiger partial charge in [-0.3, -0.25) is 4.79 Å². The van der Waals surface area contributed by atoms with Crippen LogP contribution < -0.4 is 5.32 Å². The Balaban J connectivity index is 1.63. The molecular weight excluding hydrogens is 278 g/mol. The maximum absolute atomic E-state index is 11.9. The molecule has 3 rings (SSSR count). The minimum Gasteiger partial charge on any atom is -0.459 e. The van der Waals surface area contributed by atoms with E-state index in [1.54, 1.807) is 18.2 Å². The van der Waals surface area contributed by atoms with Gasteiger partial charge < -0.3 is 14.3 Å². The smallest absolute Gasteiger partial charge is 0.293 e. The number of thiophene rings is 1. The molecule has 6 nitrogen and oxygen atoms in total. The van der Waals surface area contributed by atoms with Gasteiger partial charge in [0, 0.05) is 4.88 Å². The van der Waals surface area contributed by atoms with Crippen molar-refractivity contribution in [3.05, 3.63) is 46.1 Å². The molecule has 0 radical (unpaired) electrons. The second-order valence-electron chi connectivity index (χ2n) is 4.09. The van der Waals surface area contributed by atoms with Crippen LogP contribution in [0.5, 0.6) is 0 Å². The maximum Gasteiger partial charge on any atom is 0.293 e. The number of hydrogen-bond donors (Lipinski definition) is 1. The third kappa shape index (κ3) is 2.62. The van der Waals surface area contributed by atoms with Gasteiger partial charge in [-0.1, -0.05) is 5.16 Å². The summed E-state index contributed by atoms with van der Waals surface area (Å²) in [5, 5.41) is 6.53. The molecule has 7 heteroatoms. The van der Waals surface area contributed by atoms with E-state index in [4.69, 9.17) is 8.94 Å². The molecule has 102 valence electrons. The number of carbonyl (C=O) groups is 1. The first kappa shape index (κ1) is 12.6. The lowest BCUT2D eigenvalue weighted by Gasteiger charge is -1.98. The van der Waals surface area contributed by atoms with E-state index in [-0.39, 0.29) is 12.5 Å². The summed E-state index contributed by atoms with van der Waals surface area (Å²) in [5.74, 6) is 1.06. The van der Waals surface area contributed by atoms with Crippen LogP contribution in [0, 0.1) is 6.92 Å². The van der Waals surface area contributed by atoms with Gasteiger partial charge in [0.25, 0.3) is 11.8 Å². The molecule has 0 atom stereocenters. The van der Waals surface area contributed by atoms with Gasteiger partial charge in [0.15, 0.2) is 11.6 Å². The maximum atomic E-state index is 11.9. The van der Waals surface area contributed by atoms with Gasteiger partial charge in [0.05, 0.1) is 17.7 Å². The molecule has 0 saturated heterocycles. The Morgan fingerprint density at radius 1 is 1.40 bits per heavy atom. The summed E-state index contributed by atoms with van der Waals surface area (Å²) in [7, 11) is 0. The molecule has 0 spiro atoms. The first-order chi connectivity index (χ1) is 9.72. The molecule has 0 bridgehead atoms. The minimum absolute atomic E-state index is 0.146. The molecule has 0 aliphatic carbocycles. The second-order valence-corrected chi connectivity index (χ2v) is 5.37. The topological polar surface area (TPSA) is 81.2 Å². The summed E-state index contributed by atoms with van der Waals surface area (Å²) < 4.78 is 10.2. The normalized spacial score (nSPS) is 10.7. The van der Waals surface area contributed by atoms with E-state index in [9.17, 15) is 4.79 Å². The van der Waals surface area contributed by atoms with Crippen molar-refractivity contribution in [1.29, 1.82) is 0 Å². The van der Waals surface area contributed by atoms with Gasteiger partial charge >= 0.3 is 0 Å². The number of aromatic nitrogens is 2. The lowest BCUT2D eigenvalue weighted by Crippen LogP contribution is -2.22. The fourth-order valence-electron chi connectivity index (χ4n) is 1.63. The molecule has 0 aliphatic heterocycles. The van der Waals surface area contributed by atoms with Crippen LogP contribution in [-0.4, -0.2) is 16.0 Å². The number of rotatable bonds is 4. The second kappa shape index (κ2) is 5.30. The molecule has 0 aliphatic rings. The Labute approximate surface area is 118 Å². The first-order valence-electron chi connectivity index (χ1n) is 5.93. The van der Waals surface area contributed by atoms with E-state index < -0.39 is 0 Å². The van der Waals surface area contributed by atoms with Gasteiger partial charge in [0.2, 0.25) is 0 Å². The Bertz CT molecular complexity index is 715. The largest absolute Gasteiger partial charge is 0.459 e. The first-order valence-corrected chi connectivity index (χ1v) is 6.75. The number of aryl methyl sites for hydroxylation is 1. The number of nitrogens with one attached hydrogen (secondary N) is 1. The summed E-state index contributed by atoms with van der Waals surface area (Å²) in [6, 6.07) is 7.16. The average Bonchev–Trinajstić information content (AvgIpc) is 3.16. The van der Waals surface area contributed by atoms with Crippen LogP contribution in [0.15, 0.2) is 39.5 Å². The van der Waals surface area contributed by atoms with Gasteiger partial charge in [-0.2, -0.15) is 4.98 Å². The zero-order valence-electron chi connectivity index (χ0n) is 10.6. The average molecular weight is 289 g/mol. The fraction of sp³-hybridized carbons (Fsp3) is 0.154. The highest BCUT2D eigenvalue weighted by Crippen LogP contribution is 2.17. The molecule has 1 amide bonds. The molecule has 0 fully saturated rings. The summed E-state index contributed by atoms with van der Waals surface area (Å²) in [5.41, 5.74) is 0. The van der Waals surface area contributed by atoms with E-state index in [0.29, 0.717) is 22.4 Å². The number of furan rings is 1. The van der Waals surface area contributed by atoms with E-state index in [2.05, 4.69) is 15.5 Å². The zero-order chi connectivity index (χ0) is 13.9. The Hall–Kier alpha value is -2.41. The molecule has 0 unspecified atom stereocenters. The van der Waals surface area contributed by atoms with Crippen molar-refractivity contribution in [2.24, 2.45) is 0 Å². The molecule has 0 saturated carbocycles. The predicted octanol–water partition coefficient (Wildman–Crippen LogP) is 2.63. The Kier molecular flexibility index (Phi) is 3.34.